The summed E-state index contributed by atoms with van der Waals surface area (Å²) in [7, 11) is 0. The summed E-state index contributed by atoms with van der Waals surface area (Å²) in [6.07, 6.45) is 4.68. The Morgan fingerprint density at radius 2 is 2.28 bits per heavy atom. The average Bonchev–Trinajstić information content (AvgIpc) is 2.86. The van der Waals surface area contributed by atoms with E-state index < -0.39 is 5.91 Å². The molecule has 1 aliphatic heterocycles. The van der Waals surface area contributed by atoms with Crippen molar-refractivity contribution in [1.29, 1.82) is 0 Å². The zero-order chi connectivity index (χ0) is 12.5. The third-order valence-corrected chi connectivity index (χ3v) is 3.22. The van der Waals surface area contributed by atoms with Crippen LogP contribution in [0.2, 0.25) is 0 Å². The number of imidazole rings is 1. The number of primary amides is 1. The number of benzene rings is 1. The lowest BCUT2D eigenvalue weighted by molar-refractivity contribution is 0.100. The summed E-state index contributed by atoms with van der Waals surface area (Å²) in [5.74, 6) is -0.441. The highest BCUT2D eigenvalue weighted by Gasteiger charge is 2.14. The van der Waals surface area contributed by atoms with Gasteiger partial charge in [0.05, 0.1) is 17.4 Å². The summed E-state index contributed by atoms with van der Waals surface area (Å²) in [6.45, 7) is 1.82. The first-order chi connectivity index (χ1) is 8.75. The lowest BCUT2D eigenvalue weighted by Crippen LogP contribution is -2.20. The van der Waals surface area contributed by atoms with E-state index in [-0.39, 0.29) is 0 Å². The van der Waals surface area contributed by atoms with Gasteiger partial charge in [-0.25, -0.2) is 4.98 Å². The first-order valence-corrected chi connectivity index (χ1v) is 5.93. The molecule has 5 heteroatoms. The largest absolute Gasteiger partial charge is 0.366 e. The molecule has 18 heavy (non-hydrogen) atoms. The molecule has 5 nitrogen and oxygen atoms in total. The number of carbonyl (C=O) groups excluding carboxylic acids is 1. The van der Waals surface area contributed by atoms with Gasteiger partial charge in [-0.3, -0.25) is 4.79 Å². The zero-order valence-electron chi connectivity index (χ0n) is 9.86. The number of nitrogens with zero attached hydrogens (tertiary/aromatic N) is 1. The van der Waals surface area contributed by atoms with Gasteiger partial charge in [0.25, 0.3) is 5.91 Å². The fraction of sp³-hybridized carbons (Fsp3) is 0.231. The molecule has 0 spiro atoms. The van der Waals surface area contributed by atoms with Crippen molar-refractivity contribution in [3.8, 4) is 0 Å². The fourth-order valence-corrected chi connectivity index (χ4v) is 2.31. The molecule has 1 aromatic heterocycles. The van der Waals surface area contributed by atoms with Crippen molar-refractivity contribution >= 4 is 22.5 Å². The highest BCUT2D eigenvalue weighted by atomic mass is 16.1. The Morgan fingerprint density at radius 1 is 1.39 bits per heavy atom. The van der Waals surface area contributed by atoms with E-state index in [1.54, 1.807) is 6.33 Å². The van der Waals surface area contributed by atoms with E-state index in [2.05, 4.69) is 21.4 Å². The van der Waals surface area contributed by atoms with E-state index in [0.717, 1.165) is 30.6 Å². The number of H-pyrrole nitrogens is 1. The Bertz CT molecular complexity index is 641. The number of amides is 1. The molecule has 2 heterocycles. The van der Waals surface area contributed by atoms with Gasteiger partial charge in [-0.1, -0.05) is 6.08 Å². The van der Waals surface area contributed by atoms with Crippen molar-refractivity contribution < 1.29 is 4.79 Å². The second-order valence-corrected chi connectivity index (χ2v) is 4.37. The van der Waals surface area contributed by atoms with Gasteiger partial charge in [0.15, 0.2) is 0 Å². The van der Waals surface area contributed by atoms with Crippen LogP contribution >= 0.6 is 0 Å². The minimum atomic E-state index is -0.441. The number of aromatic nitrogens is 2. The van der Waals surface area contributed by atoms with Crippen molar-refractivity contribution in [2.75, 3.05) is 13.1 Å². The topological polar surface area (TPSA) is 83.8 Å². The Hall–Kier alpha value is -2.14. The summed E-state index contributed by atoms with van der Waals surface area (Å²) in [6, 6.07) is 3.86. The molecule has 1 aliphatic rings. The van der Waals surface area contributed by atoms with Crippen LogP contribution in [-0.4, -0.2) is 29.0 Å². The van der Waals surface area contributed by atoms with Gasteiger partial charge < -0.3 is 16.0 Å². The van der Waals surface area contributed by atoms with Gasteiger partial charge >= 0.3 is 0 Å². The number of aromatic amines is 1. The molecule has 1 aromatic carbocycles. The van der Waals surface area contributed by atoms with Gasteiger partial charge in [-0.2, -0.15) is 0 Å². The standard InChI is InChI=1S/C13H14N4O/c14-13(18)10-5-9(8-1-3-15-4-2-8)6-11-12(10)17-7-16-11/h1,5-7,15H,2-4H2,(H2,14,18)(H,16,17). The van der Waals surface area contributed by atoms with E-state index in [4.69, 9.17) is 5.73 Å². The van der Waals surface area contributed by atoms with Crippen LogP contribution in [0, 0.1) is 0 Å². The number of fused-ring (bicyclic) bond motifs is 1. The minimum absolute atomic E-state index is 0.441. The molecule has 0 radical (unpaired) electrons. The van der Waals surface area contributed by atoms with E-state index in [1.165, 1.54) is 5.57 Å². The van der Waals surface area contributed by atoms with Gasteiger partial charge in [0.1, 0.15) is 5.52 Å². The van der Waals surface area contributed by atoms with Crippen molar-refractivity contribution in [3.63, 3.8) is 0 Å². The average molecular weight is 242 g/mol. The van der Waals surface area contributed by atoms with E-state index in [9.17, 15) is 4.79 Å². The lowest BCUT2D eigenvalue weighted by Gasteiger charge is -2.15. The zero-order valence-corrected chi connectivity index (χ0v) is 9.86. The normalized spacial score (nSPS) is 15.7. The number of nitrogens with one attached hydrogen (secondary N) is 2. The first kappa shape index (κ1) is 11.0. The molecule has 4 N–H and O–H groups in total. The van der Waals surface area contributed by atoms with Crippen molar-refractivity contribution in [2.24, 2.45) is 5.73 Å². The predicted octanol–water partition coefficient (Wildman–Crippen LogP) is 1.04. The number of hydrogen-bond acceptors (Lipinski definition) is 3. The van der Waals surface area contributed by atoms with Crippen LogP contribution < -0.4 is 11.1 Å². The molecule has 0 bridgehead atoms. The molecule has 0 aliphatic carbocycles. The highest BCUT2D eigenvalue weighted by molar-refractivity contribution is 6.05. The first-order valence-electron chi connectivity index (χ1n) is 5.93. The Kier molecular flexibility index (Phi) is 2.60. The van der Waals surface area contributed by atoms with Gasteiger partial charge in [0, 0.05) is 6.54 Å². The molecule has 0 fully saturated rings. The third kappa shape index (κ3) is 1.78. The van der Waals surface area contributed by atoms with Crippen LogP contribution in [0.3, 0.4) is 0 Å². The third-order valence-electron chi connectivity index (χ3n) is 3.22. The molecule has 92 valence electrons. The van der Waals surface area contributed by atoms with Crippen LogP contribution in [0.25, 0.3) is 16.6 Å². The summed E-state index contributed by atoms with van der Waals surface area (Å²) in [4.78, 5) is 18.7. The van der Waals surface area contributed by atoms with Crippen LogP contribution in [0.4, 0.5) is 0 Å². The van der Waals surface area contributed by atoms with Crippen LogP contribution in [0.15, 0.2) is 24.5 Å². The molecule has 3 rings (SSSR count). The minimum Gasteiger partial charge on any atom is -0.366 e. The van der Waals surface area contributed by atoms with Gasteiger partial charge in [0.2, 0.25) is 0 Å². The summed E-state index contributed by atoms with van der Waals surface area (Å²) < 4.78 is 0. The summed E-state index contributed by atoms with van der Waals surface area (Å²) >= 11 is 0. The number of nitrogens with two attached hydrogens (primary N) is 1. The van der Waals surface area contributed by atoms with Crippen LogP contribution in [0.1, 0.15) is 22.3 Å². The monoisotopic (exact) mass is 242 g/mol. The molecule has 2 aromatic rings. The molecule has 0 saturated heterocycles. The molecule has 1 amide bonds. The number of hydrogen-bond donors (Lipinski definition) is 3. The number of carbonyl (C=O) groups is 1. The lowest BCUT2D eigenvalue weighted by atomic mass is 9.97. The molecular weight excluding hydrogens is 228 g/mol. The SMILES string of the molecule is NC(=O)c1cc(C2=CCNCC2)cc2[nH]cnc12. The van der Waals surface area contributed by atoms with Gasteiger partial charge in [-0.15, -0.1) is 0 Å². The molecule has 0 unspecified atom stereocenters. The summed E-state index contributed by atoms with van der Waals surface area (Å²) in [5, 5.41) is 3.27. The quantitative estimate of drug-likeness (QED) is 0.735. The van der Waals surface area contributed by atoms with Crippen molar-refractivity contribution in [3.05, 3.63) is 35.7 Å². The summed E-state index contributed by atoms with van der Waals surface area (Å²) in [5.41, 5.74) is 9.66. The van der Waals surface area contributed by atoms with E-state index in [0.29, 0.717) is 11.1 Å². The Morgan fingerprint density at radius 3 is 3.00 bits per heavy atom. The maximum absolute atomic E-state index is 11.5. The van der Waals surface area contributed by atoms with Gasteiger partial charge in [-0.05, 0) is 36.2 Å². The maximum atomic E-state index is 11.5. The molecular formula is C13H14N4O. The number of rotatable bonds is 2. The van der Waals surface area contributed by atoms with Crippen molar-refractivity contribution in [2.45, 2.75) is 6.42 Å². The fourth-order valence-electron chi connectivity index (χ4n) is 2.31. The van der Waals surface area contributed by atoms with E-state index in [1.807, 2.05) is 12.1 Å². The highest BCUT2D eigenvalue weighted by Crippen LogP contribution is 2.25. The smallest absolute Gasteiger partial charge is 0.250 e. The Balaban J connectivity index is 2.18. The second-order valence-electron chi connectivity index (χ2n) is 4.37. The predicted molar refractivity (Wildman–Crippen MR) is 70.1 cm³/mol. The van der Waals surface area contributed by atoms with Crippen molar-refractivity contribution in [1.82, 2.24) is 15.3 Å². The second kappa shape index (κ2) is 4.27. The molecule has 0 saturated carbocycles. The van der Waals surface area contributed by atoms with Crippen LogP contribution in [-0.2, 0) is 0 Å². The van der Waals surface area contributed by atoms with E-state index >= 15 is 0 Å². The maximum Gasteiger partial charge on any atom is 0.250 e. The Labute approximate surface area is 104 Å². The molecule has 0 atom stereocenters. The van der Waals surface area contributed by atoms with Crippen LogP contribution in [0.5, 0.6) is 0 Å².